The van der Waals surface area contributed by atoms with Crippen LogP contribution in [0.4, 0.5) is 74.2 Å². The Bertz CT molecular complexity index is 2090. The van der Waals surface area contributed by atoms with Crippen molar-refractivity contribution in [1.82, 2.24) is 20.1 Å². The first kappa shape index (κ1) is 49.0. The van der Waals surface area contributed by atoms with Crippen LogP contribution >= 0.6 is 11.6 Å². The van der Waals surface area contributed by atoms with E-state index in [-0.39, 0.29) is 5.91 Å². The van der Waals surface area contributed by atoms with Crippen LogP contribution in [0.2, 0.25) is 5.02 Å². The van der Waals surface area contributed by atoms with Crippen molar-refractivity contribution in [2.24, 2.45) is 5.92 Å². The van der Waals surface area contributed by atoms with E-state index in [4.69, 9.17) is 45.8 Å². The lowest BCUT2D eigenvalue weighted by molar-refractivity contribution is -0.193. The summed E-state index contributed by atoms with van der Waals surface area (Å²) in [5, 5.41) is 35.7. The third kappa shape index (κ3) is 16.3. The first-order valence-electron chi connectivity index (χ1n) is 17.4. The van der Waals surface area contributed by atoms with E-state index < -0.39 is 36.4 Å². The van der Waals surface area contributed by atoms with E-state index in [1.54, 1.807) is 12.4 Å². The zero-order valence-electron chi connectivity index (χ0n) is 31.3. The number of aryl methyl sites for hydroxylation is 3. The number of anilines is 6. The number of aliphatic carboxylic acids is 3. The van der Waals surface area contributed by atoms with Crippen LogP contribution in [-0.4, -0.2) is 90.9 Å². The molecule has 0 radical (unpaired) electrons. The monoisotopic (exact) mass is 900 g/mol. The number of benzene rings is 1. The maximum absolute atomic E-state index is 13.2. The summed E-state index contributed by atoms with van der Waals surface area (Å²) < 4.78 is 101. The standard InChI is InChI=1S/C29H31ClN8O2.3C2HF3O2/c1-2-23-14-26(37-40-23)38-9-7-18(8-10-38)12-27(39)35-25-6-5-21-13-20(25)4-3-19-11-22(16-31-15-19)34-29-32-17-24(30)28(33-21)36-29;3*3-2(4,5)1(6)7/h5-6,11,13-18H,2-4,7-10,12H2,1H3,(H,35,39)(H2,32,33,34,36);3*(H,6,7). The molecule has 0 aliphatic carbocycles. The van der Waals surface area contributed by atoms with Crippen molar-refractivity contribution >= 4 is 70.1 Å². The lowest BCUT2D eigenvalue weighted by Gasteiger charge is -2.31. The SMILES string of the molecule is CCc1cc(N2CCC(CC(=O)Nc3ccc4cc3CCc3cncc(c3)Nc3ncc(Cl)c(n3)N4)CC2)no1.O=C(O)C(F)(F)F.O=C(O)C(F)(F)F.O=C(O)C(F)(F)F. The number of piperidine rings is 1. The van der Waals surface area contributed by atoms with E-state index in [2.05, 4.69) is 47.9 Å². The third-order valence-corrected chi connectivity index (χ3v) is 8.43. The zero-order valence-corrected chi connectivity index (χ0v) is 32.0. The van der Waals surface area contributed by atoms with Crippen molar-refractivity contribution in [3.63, 3.8) is 0 Å². The number of pyridine rings is 1. The number of carboxylic acid groups (broad SMARTS) is 3. The average molecular weight is 901 g/mol. The number of alkyl halides is 9. The molecule has 26 heteroatoms. The lowest BCUT2D eigenvalue weighted by Crippen LogP contribution is -2.35. The second-order valence-electron chi connectivity index (χ2n) is 12.7. The molecule has 6 rings (SSSR count). The smallest absolute Gasteiger partial charge is 0.475 e. The minimum Gasteiger partial charge on any atom is -0.475 e. The van der Waals surface area contributed by atoms with Gasteiger partial charge in [0, 0.05) is 49.6 Å². The molecule has 1 aromatic carbocycles. The Morgan fingerprint density at radius 2 is 1.43 bits per heavy atom. The van der Waals surface area contributed by atoms with Gasteiger partial charge in [0.25, 0.3) is 0 Å². The van der Waals surface area contributed by atoms with E-state index in [9.17, 15) is 44.3 Å². The van der Waals surface area contributed by atoms with Crippen molar-refractivity contribution in [3.8, 4) is 0 Å². The molecule has 332 valence electrons. The normalized spacial score (nSPS) is 13.9. The molecule has 5 heterocycles. The maximum atomic E-state index is 13.2. The number of fused-ring (bicyclic) bond motifs is 6. The van der Waals surface area contributed by atoms with E-state index in [1.807, 2.05) is 36.5 Å². The number of hydrogen-bond donors (Lipinski definition) is 6. The van der Waals surface area contributed by atoms with Gasteiger partial charge in [-0.2, -0.15) is 44.5 Å². The molecular formula is C35H34ClF9N8O8. The van der Waals surface area contributed by atoms with Gasteiger partial charge in [-0.25, -0.2) is 19.4 Å². The molecule has 0 spiro atoms. The van der Waals surface area contributed by atoms with E-state index >= 15 is 0 Å². The maximum Gasteiger partial charge on any atom is 0.490 e. The molecule has 61 heavy (non-hydrogen) atoms. The Labute approximate surface area is 343 Å². The van der Waals surface area contributed by atoms with E-state index in [1.165, 1.54) is 0 Å². The van der Waals surface area contributed by atoms with Gasteiger partial charge >= 0.3 is 36.4 Å². The fourth-order valence-electron chi connectivity index (χ4n) is 5.20. The van der Waals surface area contributed by atoms with Crippen LogP contribution in [0.25, 0.3) is 0 Å². The Morgan fingerprint density at radius 3 is 1.97 bits per heavy atom. The zero-order chi connectivity index (χ0) is 45.7. The van der Waals surface area contributed by atoms with Gasteiger partial charge in [-0.1, -0.05) is 23.7 Å². The molecule has 4 aromatic rings. The van der Waals surface area contributed by atoms with Gasteiger partial charge in [0.05, 0.1) is 18.1 Å². The van der Waals surface area contributed by atoms with Crippen molar-refractivity contribution in [2.75, 3.05) is 33.9 Å². The molecule has 3 aromatic heterocycles. The van der Waals surface area contributed by atoms with Crippen LogP contribution < -0.4 is 20.9 Å². The summed E-state index contributed by atoms with van der Waals surface area (Å²) in [7, 11) is 0. The van der Waals surface area contributed by atoms with Crippen LogP contribution in [-0.2, 0) is 38.4 Å². The highest BCUT2D eigenvalue weighted by atomic mass is 35.5. The minimum absolute atomic E-state index is 0.0318. The molecule has 1 fully saturated rings. The number of amides is 1. The predicted molar refractivity (Wildman–Crippen MR) is 197 cm³/mol. The Kier molecular flexibility index (Phi) is 17.0. The Balaban J connectivity index is 0.000000390. The number of carbonyl (C=O) groups excluding carboxylic acids is 1. The van der Waals surface area contributed by atoms with Crippen LogP contribution in [0.15, 0.2) is 53.4 Å². The van der Waals surface area contributed by atoms with Crippen LogP contribution in [0.5, 0.6) is 0 Å². The van der Waals surface area contributed by atoms with Crippen LogP contribution in [0, 0.1) is 5.92 Å². The number of rotatable bonds is 5. The number of hydrogen-bond acceptors (Lipinski definition) is 12. The van der Waals surface area contributed by atoms with Gasteiger partial charge in [-0.3, -0.25) is 9.78 Å². The molecule has 2 aliphatic rings. The molecule has 0 unspecified atom stereocenters. The van der Waals surface area contributed by atoms with Gasteiger partial charge in [-0.15, -0.1) is 0 Å². The summed E-state index contributed by atoms with van der Waals surface area (Å²) in [6.07, 6.45) is -5.41. The molecular weight excluding hydrogens is 867 g/mol. The summed E-state index contributed by atoms with van der Waals surface area (Å²) in [6.45, 7) is 3.79. The third-order valence-electron chi connectivity index (χ3n) is 8.16. The second-order valence-corrected chi connectivity index (χ2v) is 13.1. The van der Waals surface area contributed by atoms with Crippen molar-refractivity contribution in [3.05, 3.63) is 70.8 Å². The molecule has 6 bridgehead atoms. The van der Waals surface area contributed by atoms with E-state index in [0.717, 1.165) is 85.0 Å². The van der Waals surface area contributed by atoms with Crippen molar-refractivity contribution in [2.45, 2.75) is 64.0 Å². The molecule has 0 saturated carbocycles. The van der Waals surface area contributed by atoms with Crippen molar-refractivity contribution < 1.29 is 78.5 Å². The molecule has 1 amide bonds. The molecule has 2 aliphatic heterocycles. The highest BCUT2D eigenvalue weighted by molar-refractivity contribution is 6.32. The number of aromatic nitrogens is 4. The summed E-state index contributed by atoms with van der Waals surface area (Å²) in [4.78, 5) is 55.3. The summed E-state index contributed by atoms with van der Waals surface area (Å²) >= 11 is 6.38. The quantitative estimate of drug-likeness (QED) is 0.105. The highest BCUT2D eigenvalue weighted by Crippen LogP contribution is 2.31. The number of halogens is 10. The molecule has 6 N–H and O–H groups in total. The highest BCUT2D eigenvalue weighted by Gasteiger charge is 2.39. The molecule has 0 atom stereocenters. The number of carboxylic acids is 3. The fraction of sp³-hybridized carbons (Fsp3) is 0.371. The predicted octanol–water partition coefficient (Wildman–Crippen LogP) is 7.81. The van der Waals surface area contributed by atoms with Gasteiger partial charge in [0.1, 0.15) is 10.8 Å². The largest absolute Gasteiger partial charge is 0.490 e. The fourth-order valence-corrected chi connectivity index (χ4v) is 5.34. The average Bonchev–Trinajstić information content (AvgIpc) is 3.66. The summed E-state index contributed by atoms with van der Waals surface area (Å²) in [5.41, 5.74) is 4.53. The van der Waals surface area contributed by atoms with Crippen LogP contribution in [0.1, 0.15) is 43.1 Å². The Hall–Kier alpha value is -6.40. The molecule has 1 saturated heterocycles. The number of nitrogens with one attached hydrogen (secondary N) is 3. The Morgan fingerprint density at radius 1 is 0.836 bits per heavy atom. The van der Waals surface area contributed by atoms with Gasteiger partial charge in [-0.05, 0) is 67.0 Å². The first-order chi connectivity index (χ1) is 28.3. The van der Waals surface area contributed by atoms with Gasteiger partial charge in [0.2, 0.25) is 11.9 Å². The minimum atomic E-state index is -5.08. The topological polar surface area (TPSA) is 233 Å². The summed E-state index contributed by atoms with van der Waals surface area (Å²) in [5.74, 6) is -5.21. The second kappa shape index (κ2) is 21.2. The van der Waals surface area contributed by atoms with Gasteiger partial charge in [0.15, 0.2) is 11.6 Å². The number of carbonyl (C=O) groups is 4. The van der Waals surface area contributed by atoms with E-state index in [0.29, 0.717) is 29.1 Å². The van der Waals surface area contributed by atoms with Gasteiger partial charge < -0.3 is 40.7 Å². The summed E-state index contributed by atoms with van der Waals surface area (Å²) in [6, 6.07) is 9.95. The number of nitrogens with zero attached hydrogens (tertiary/aromatic N) is 5. The first-order valence-corrected chi connectivity index (χ1v) is 17.8. The van der Waals surface area contributed by atoms with Crippen LogP contribution in [0.3, 0.4) is 0 Å². The molecule has 16 nitrogen and oxygen atoms in total. The van der Waals surface area contributed by atoms with Crippen molar-refractivity contribution in [1.29, 1.82) is 0 Å². The lowest BCUT2D eigenvalue weighted by atomic mass is 9.93.